The standard InChI is InChI=1S/C18H21N5O2S/c1-11-9-12(2)23-17(19-11)21-18(22-23)26-10-16(24)20-13(3)14-7-5-6-8-15(14)25-4/h5-9,13H,10H2,1-4H3,(H,20,24). The van der Waals surface area contributed by atoms with Gasteiger partial charge < -0.3 is 10.1 Å². The van der Waals surface area contributed by atoms with Gasteiger partial charge in [0, 0.05) is 17.0 Å². The van der Waals surface area contributed by atoms with Crippen molar-refractivity contribution >= 4 is 23.4 Å². The number of rotatable bonds is 6. The molecule has 2 heterocycles. The average Bonchev–Trinajstić information content (AvgIpc) is 3.03. The Hall–Kier alpha value is -2.61. The molecule has 3 aromatic rings. The molecular formula is C18H21N5O2S. The van der Waals surface area contributed by atoms with Crippen LogP contribution < -0.4 is 10.1 Å². The van der Waals surface area contributed by atoms with E-state index in [9.17, 15) is 4.79 Å². The average molecular weight is 371 g/mol. The van der Waals surface area contributed by atoms with E-state index in [-0.39, 0.29) is 17.7 Å². The molecule has 1 aromatic carbocycles. The van der Waals surface area contributed by atoms with Crippen molar-refractivity contribution < 1.29 is 9.53 Å². The number of aryl methyl sites for hydroxylation is 2. The predicted molar refractivity (Wildman–Crippen MR) is 101 cm³/mol. The summed E-state index contributed by atoms with van der Waals surface area (Å²) >= 11 is 1.29. The van der Waals surface area contributed by atoms with Gasteiger partial charge in [0.05, 0.1) is 18.9 Å². The summed E-state index contributed by atoms with van der Waals surface area (Å²) in [6.45, 7) is 5.80. The van der Waals surface area contributed by atoms with Gasteiger partial charge >= 0.3 is 0 Å². The first-order valence-corrected chi connectivity index (χ1v) is 9.22. The molecule has 0 fully saturated rings. The number of thioether (sulfide) groups is 1. The van der Waals surface area contributed by atoms with E-state index < -0.39 is 0 Å². The van der Waals surface area contributed by atoms with E-state index in [1.807, 2.05) is 51.1 Å². The molecule has 26 heavy (non-hydrogen) atoms. The lowest BCUT2D eigenvalue weighted by molar-refractivity contribution is -0.119. The second-order valence-electron chi connectivity index (χ2n) is 5.96. The van der Waals surface area contributed by atoms with Gasteiger partial charge in [-0.2, -0.15) is 4.98 Å². The van der Waals surface area contributed by atoms with E-state index in [0.717, 1.165) is 22.7 Å². The van der Waals surface area contributed by atoms with Gasteiger partial charge in [0.15, 0.2) is 0 Å². The molecule has 7 nitrogen and oxygen atoms in total. The van der Waals surface area contributed by atoms with Gasteiger partial charge in [-0.25, -0.2) is 9.50 Å². The van der Waals surface area contributed by atoms with Crippen LogP contribution in [0.3, 0.4) is 0 Å². The molecule has 0 bridgehead atoms. The van der Waals surface area contributed by atoms with Gasteiger partial charge in [-0.3, -0.25) is 4.79 Å². The number of benzene rings is 1. The van der Waals surface area contributed by atoms with Crippen LogP contribution in [0.5, 0.6) is 5.75 Å². The number of nitrogens with one attached hydrogen (secondary N) is 1. The minimum Gasteiger partial charge on any atom is -0.496 e. The lowest BCUT2D eigenvalue weighted by Gasteiger charge is -2.16. The molecule has 0 aliphatic heterocycles. The van der Waals surface area contributed by atoms with Crippen molar-refractivity contribution in [1.29, 1.82) is 0 Å². The van der Waals surface area contributed by atoms with Crippen LogP contribution in [0.15, 0.2) is 35.5 Å². The summed E-state index contributed by atoms with van der Waals surface area (Å²) < 4.78 is 7.03. The molecule has 0 aliphatic rings. The van der Waals surface area contributed by atoms with Crippen LogP contribution in [0.1, 0.15) is 29.9 Å². The fourth-order valence-corrected chi connectivity index (χ4v) is 3.35. The largest absolute Gasteiger partial charge is 0.496 e. The highest BCUT2D eigenvalue weighted by atomic mass is 32.2. The van der Waals surface area contributed by atoms with E-state index >= 15 is 0 Å². The zero-order valence-corrected chi connectivity index (χ0v) is 16.0. The first-order chi connectivity index (χ1) is 12.5. The highest BCUT2D eigenvalue weighted by Gasteiger charge is 2.15. The first-order valence-electron chi connectivity index (χ1n) is 8.24. The van der Waals surface area contributed by atoms with Crippen LogP contribution in [0.25, 0.3) is 5.78 Å². The molecular weight excluding hydrogens is 350 g/mol. The van der Waals surface area contributed by atoms with Crippen LogP contribution in [-0.4, -0.2) is 38.4 Å². The number of hydrogen-bond donors (Lipinski definition) is 1. The van der Waals surface area contributed by atoms with E-state index in [1.165, 1.54) is 11.8 Å². The van der Waals surface area contributed by atoms with Crippen molar-refractivity contribution in [2.24, 2.45) is 0 Å². The Balaban J connectivity index is 1.63. The summed E-state index contributed by atoms with van der Waals surface area (Å²) in [7, 11) is 1.62. The maximum absolute atomic E-state index is 12.3. The Bertz CT molecular complexity index is 940. The molecule has 1 atom stereocenters. The van der Waals surface area contributed by atoms with Crippen LogP contribution >= 0.6 is 11.8 Å². The Kier molecular flexibility index (Phi) is 5.41. The Labute approximate surface area is 156 Å². The number of para-hydroxylation sites is 1. The van der Waals surface area contributed by atoms with Gasteiger partial charge in [0.25, 0.3) is 5.78 Å². The molecule has 0 spiro atoms. The van der Waals surface area contributed by atoms with Gasteiger partial charge in [-0.15, -0.1) is 5.10 Å². The minimum atomic E-state index is -0.153. The maximum atomic E-state index is 12.3. The second kappa shape index (κ2) is 7.74. The number of ether oxygens (including phenoxy) is 1. The molecule has 1 unspecified atom stereocenters. The number of carbonyl (C=O) groups excluding carboxylic acids is 1. The first kappa shape index (κ1) is 18.2. The maximum Gasteiger partial charge on any atom is 0.253 e. The van der Waals surface area contributed by atoms with Gasteiger partial charge in [0.1, 0.15) is 5.75 Å². The van der Waals surface area contributed by atoms with Crippen molar-refractivity contribution in [3.8, 4) is 5.75 Å². The Morgan fingerprint density at radius 3 is 2.85 bits per heavy atom. The number of nitrogens with zero attached hydrogens (tertiary/aromatic N) is 4. The fourth-order valence-electron chi connectivity index (χ4n) is 2.72. The molecule has 0 aliphatic carbocycles. The fraction of sp³-hybridized carbons (Fsp3) is 0.333. The number of carbonyl (C=O) groups is 1. The van der Waals surface area contributed by atoms with Gasteiger partial charge in [0.2, 0.25) is 11.1 Å². The summed E-state index contributed by atoms with van der Waals surface area (Å²) in [6, 6.07) is 9.44. The lowest BCUT2D eigenvalue weighted by atomic mass is 10.1. The molecule has 1 amide bonds. The SMILES string of the molecule is COc1ccccc1C(C)NC(=O)CSc1nc2nc(C)cc(C)n2n1. The number of fused-ring (bicyclic) bond motifs is 1. The third-order valence-corrected chi connectivity index (χ3v) is 4.75. The topological polar surface area (TPSA) is 81.4 Å². The van der Waals surface area contributed by atoms with E-state index in [4.69, 9.17) is 4.74 Å². The normalized spacial score (nSPS) is 12.2. The number of hydrogen-bond acceptors (Lipinski definition) is 6. The summed E-state index contributed by atoms with van der Waals surface area (Å²) in [5, 5.41) is 7.91. The Morgan fingerprint density at radius 2 is 2.08 bits per heavy atom. The van der Waals surface area contributed by atoms with Crippen molar-refractivity contribution in [3.63, 3.8) is 0 Å². The van der Waals surface area contributed by atoms with Gasteiger partial charge in [-0.05, 0) is 32.9 Å². The zero-order valence-electron chi connectivity index (χ0n) is 15.2. The van der Waals surface area contributed by atoms with E-state index in [2.05, 4.69) is 20.4 Å². The summed E-state index contributed by atoms with van der Waals surface area (Å²) in [4.78, 5) is 21.0. The highest BCUT2D eigenvalue weighted by Crippen LogP contribution is 2.24. The van der Waals surface area contributed by atoms with Crippen LogP contribution in [0.2, 0.25) is 0 Å². The minimum absolute atomic E-state index is 0.0897. The monoisotopic (exact) mass is 371 g/mol. The summed E-state index contributed by atoms with van der Waals surface area (Å²) in [5.74, 6) is 1.45. The van der Waals surface area contributed by atoms with Crippen molar-refractivity contribution in [3.05, 3.63) is 47.3 Å². The molecule has 0 radical (unpaired) electrons. The van der Waals surface area contributed by atoms with Crippen LogP contribution in [0, 0.1) is 13.8 Å². The van der Waals surface area contributed by atoms with E-state index in [0.29, 0.717) is 10.9 Å². The van der Waals surface area contributed by atoms with Crippen LogP contribution in [0.4, 0.5) is 0 Å². The smallest absolute Gasteiger partial charge is 0.253 e. The number of methoxy groups -OCH3 is 1. The van der Waals surface area contributed by atoms with Gasteiger partial charge in [-0.1, -0.05) is 30.0 Å². The third-order valence-electron chi connectivity index (χ3n) is 3.91. The lowest BCUT2D eigenvalue weighted by Crippen LogP contribution is -2.28. The molecule has 3 rings (SSSR count). The molecule has 136 valence electrons. The van der Waals surface area contributed by atoms with Crippen molar-refractivity contribution in [1.82, 2.24) is 24.9 Å². The number of amides is 1. The quantitative estimate of drug-likeness (QED) is 0.671. The second-order valence-corrected chi connectivity index (χ2v) is 6.91. The van der Waals surface area contributed by atoms with E-state index in [1.54, 1.807) is 11.6 Å². The Morgan fingerprint density at radius 1 is 1.31 bits per heavy atom. The molecule has 2 aromatic heterocycles. The van der Waals surface area contributed by atoms with Crippen LogP contribution in [-0.2, 0) is 4.79 Å². The highest BCUT2D eigenvalue weighted by molar-refractivity contribution is 7.99. The van der Waals surface area contributed by atoms with Crippen molar-refractivity contribution in [2.75, 3.05) is 12.9 Å². The zero-order chi connectivity index (χ0) is 18.7. The predicted octanol–water partition coefficient (Wildman–Crippen LogP) is 2.72. The van der Waals surface area contributed by atoms with Crippen molar-refractivity contribution in [2.45, 2.75) is 32.0 Å². The molecule has 1 N–H and O–H groups in total. The third kappa shape index (κ3) is 3.96. The molecule has 0 saturated carbocycles. The summed E-state index contributed by atoms with van der Waals surface area (Å²) in [6.07, 6.45) is 0. The molecule has 0 saturated heterocycles. The summed E-state index contributed by atoms with van der Waals surface area (Å²) in [5.41, 5.74) is 2.79. The number of aromatic nitrogens is 4. The molecule has 8 heteroatoms.